The number of halogens is 1. The molecule has 0 spiro atoms. The minimum atomic E-state index is -0.0425. The van der Waals surface area contributed by atoms with Crippen molar-refractivity contribution < 1.29 is 0 Å². The Balaban J connectivity index is 2.21. The molecule has 0 atom stereocenters. The van der Waals surface area contributed by atoms with Gasteiger partial charge < -0.3 is 5.32 Å². The molecule has 0 aliphatic carbocycles. The van der Waals surface area contributed by atoms with Crippen molar-refractivity contribution in [1.29, 1.82) is 0 Å². The molecule has 0 aromatic carbocycles. The van der Waals surface area contributed by atoms with Crippen LogP contribution in [0.3, 0.4) is 0 Å². The first-order valence-corrected chi connectivity index (χ1v) is 6.06. The number of nitrogens with one attached hydrogen (secondary N) is 1. The first-order valence-electron chi connectivity index (χ1n) is 5.68. The average molecular weight is 266 g/mol. The highest BCUT2D eigenvalue weighted by Crippen LogP contribution is 2.20. The van der Waals surface area contributed by atoms with Crippen molar-refractivity contribution in [1.82, 2.24) is 19.7 Å². The number of hydrogen-bond acceptors (Lipinski definition) is 4. The van der Waals surface area contributed by atoms with Crippen LogP contribution in [0.15, 0.2) is 18.5 Å². The maximum atomic E-state index is 5.88. The standard InChI is InChI=1S/C12H16ClN5/c1-8-15-10(13)5-11(16-8)17-9-6-14-18(7-9)12(2,3)4/h5-7H,1-4H3,(H,15,16,17). The molecule has 0 fully saturated rings. The van der Waals surface area contributed by atoms with Crippen molar-refractivity contribution in [2.75, 3.05) is 5.32 Å². The lowest BCUT2D eigenvalue weighted by Crippen LogP contribution is -2.21. The Kier molecular flexibility index (Phi) is 3.26. The highest BCUT2D eigenvalue weighted by molar-refractivity contribution is 6.29. The largest absolute Gasteiger partial charge is 0.338 e. The van der Waals surface area contributed by atoms with Crippen molar-refractivity contribution >= 4 is 23.1 Å². The smallest absolute Gasteiger partial charge is 0.135 e. The fourth-order valence-electron chi connectivity index (χ4n) is 1.50. The predicted molar refractivity (Wildman–Crippen MR) is 72.3 cm³/mol. The number of rotatable bonds is 2. The molecule has 96 valence electrons. The van der Waals surface area contributed by atoms with Gasteiger partial charge in [0.2, 0.25) is 0 Å². The lowest BCUT2D eigenvalue weighted by molar-refractivity contribution is 0.355. The van der Waals surface area contributed by atoms with Crippen molar-refractivity contribution in [2.45, 2.75) is 33.2 Å². The molecule has 2 rings (SSSR count). The fraction of sp³-hybridized carbons (Fsp3) is 0.417. The molecule has 1 N–H and O–H groups in total. The molecule has 0 saturated heterocycles. The van der Waals surface area contributed by atoms with Crippen LogP contribution in [-0.4, -0.2) is 19.7 Å². The molecular weight excluding hydrogens is 250 g/mol. The summed E-state index contributed by atoms with van der Waals surface area (Å²) in [6, 6.07) is 1.68. The summed E-state index contributed by atoms with van der Waals surface area (Å²) in [6.45, 7) is 8.08. The molecule has 0 unspecified atom stereocenters. The average Bonchev–Trinajstić information content (AvgIpc) is 2.63. The van der Waals surface area contributed by atoms with Gasteiger partial charge >= 0.3 is 0 Å². The number of hydrogen-bond donors (Lipinski definition) is 1. The van der Waals surface area contributed by atoms with Gasteiger partial charge in [0.25, 0.3) is 0 Å². The van der Waals surface area contributed by atoms with Crippen molar-refractivity contribution in [3.63, 3.8) is 0 Å². The second-order valence-corrected chi connectivity index (χ2v) is 5.48. The van der Waals surface area contributed by atoms with Crippen LogP contribution in [0.2, 0.25) is 5.15 Å². The van der Waals surface area contributed by atoms with E-state index < -0.39 is 0 Å². The number of aryl methyl sites for hydroxylation is 1. The van der Waals surface area contributed by atoms with Gasteiger partial charge in [-0.05, 0) is 27.7 Å². The molecule has 6 heteroatoms. The molecule has 5 nitrogen and oxygen atoms in total. The number of nitrogens with zero attached hydrogens (tertiary/aromatic N) is 4. The van der Waals surface area contributed by atoms with Gasteiger partial charge in [-0.3, -0.25) is 4.68 Å². The third kappa shape index (κ3) is 2.98. The molecule has 2 heterocycles. The van der Waals surface area contributed by atoms with Crippen LogP contribution in [0.4, 0.5) is 11.5 Å². The molecule has 2 aromatic rings. The van der Waals surface area contributed by atoms with Crippen LogP contribution < -0.4 is 5.32 Å². The molecule has 0 radical (unpaired) electrons. The van der Waals surface area contributed by atoms with Crippen molar-refractivity contribution in [2.24, 2.45) is 0 Å². The quantitative estimate of drug-likeness (QED) is 0.848. The zero-order valence-corrected chi connectivity index (χ0v) is 11.7. The van der Waals surface area contributed by atoms with E-state index in [4.69, 9.17) is 11.6 Å². The SMILES string of the molecule is Cc1nc(Cl)cc(Nc2cnn(C(C)(C)C)c2)n1. The third-order valence-corrected chi connectivity index (χ3v) is 2.54. The minimum absolute atomic E-state index is 0.0425. The van der Waals surface area contributed by atoms with E-state index in [-0.39, 0.29) is 5.54 Å². The summed E-state index contributed by atoms with van der Waals surface area (Å²) in [5.41, 5.74) is 0.832. The van der Waals surface area contributed by atoms with E-state index in [1.54, 1.807) is 19.2 Å². The highest BCUT2D eigenvalue weighted by atomic mass is 35.5. The summed E-state index contributed by atoms with van der Waals surface area (Å²) < 4.78 is 1.89. The number of aromatic nitrogens is 4. The molecule has 2 aromatic heterocycles. The zero-order valence-electron chi connectivity index (χ0n) is 10.9. The van der Waals surface area contributed by atoms with E-state index in [2.05, 4.69) is 41.2 Å². The topological polar surface area (TPSA) is 55.6 Å². The van der Waals surface area contributed by atoms with E-state index >= 15 is 0 Å². The molecule has 0 bridgehead atoms. The van der Waals surface area contributed by atoms with Crippen LogP contribution in [0.5, 0.6) is 0 Å². The molecular formula is C12H16ClN5. The Morgan fingerprint density at radius 1 is 1.28 bits per heavy atom. The maximum absolute atomic E-state index is 5.88. The third-order valence-electron chi connectivity index (χ3n) is 2.35. The van der Waals surface area contributed by atoms with Crippen molar-refractivity contribution in [3.05, 3.63) is 29.4 Å². The Morgan fingerprint density at radius 2 is 2.00 bits per heavy atom. The van der Waals surface area contributed by atoms with Crippen molar-refractivity contribution in [3.8, 4) is 0 Å². The summed E-state index contributed by atoms with van der Waals surface area (Å²) in [6.07, 6.45) is 3.70. The van der Waals surface area contributed by atoms with Gasteiger partial charge in [-0.15, -0.1) is 0 Å². The number of anilines is 2. The normalized spacial score (nSPS) is 11.6. The van der Waals surface area contributed by atoms with Crippen LogP contribution in [0.1, 0.15) is 26.6 Å². The van der Waals surface area contributed by atoms with E-state index in [0.717, 1.165) is 5.69 Å². The van der Waals surface area contributed by atoms with Gasteiger partial charge in [-0.1, -0.05) is 11.6 Å². The van der Waals surface area contributed by atoms with Crippen LogP contribution in [0, 0.1) is 6.92 Å². The Morgan fingerprint density at radius 3 is 2.56 bits per heavy atom. The molecule has 0 aliphatic rings. The monoisotopic (exact) mass is 265 g/mol. The summed E-state index contributed by atoms with van der Waals surface area (Å²) in [5, 5.41) is 7.89. The molecule has 0 aliphatic heterocycles. The van der Waals surface area contributed by atoms with E-state index in [1.165, 1.54) is 0 Å². The molecule has 0 saturated carbocycles. The minimum Gasteiger partial charge on any atom is -0.338 e. The Labute approximate surface area is 111 Å². The second-order valence-electron chi connectivity index (χ2n) is 5.09. The lowest BCUT2D eigenvalue weighted by atomic mass is 10.1. The maximum Gasteiger partial charge on any atom is 0.135 e. The van der Waals surface area contributed by atoms with Gasteiger partial charge in [0.05, 0.1) is 17.4 Å². The molecule has 0 amide bonds. The summed E-state index contributed by atoms with van der Waals surface area (Å²) in [4.78, 5) is 8.27. The van der Waals surface area contributed by atoms with Crippen LogP contribution in [-0.2, 0) is 5.54 Å². The van der Waals surface area contributed by atoms with E-state index in [1.807, 2.05) is 10.9 Å². The lowest BCUT2D eigenvalue weighted by Gasteiger charge is -2.18. The second kappa shape index (κ2) is 4.57. The van der Waals surface area contributed by atoms with E-state index in [9.17, 15) is 0 Å². The summed E-state index contributed by atoms with van der Waals surface area (Å²) >= 11 is 5.88. The van der Waals surface area contributed by atoms with Crippen LogP contribution >= 0.6 is 11.6 Å². The predicted octanol–water partition coefficient (Wildman–Crippen LogP) is 3.13. The first-order chi connectivity index (χ1) is 8.34. The highest BCUT2D eigenvalue weighted by Gasteiger charge is 2.14. The van der Waals surface area contributed by atoms with Gasteiger partial charge in [-0.25, -0.2) is 9.97 Å². The summed E-state index contributed by atoms with van der Waals surface area (Å²) in [5.74, 6) is 1.30. The Bertz CT molecular complexity index is 536. The Hall–Kier alpha value is -1.62. The van der Waals surface area contributed by atoms with E-state index in [0.29, 0.717) is 16.8 Å². The first kappa shape index (κ1) is 12.8. The van der Waals surface area contributed by atoms with Gasteiger partial charge in [0.15, 0.2) is 0 Å². The van der Waals surface area contributed by atoms with Gasteiger partial charge in [-0.2, -0.15) is 5.10 Å². The summed E-state index contributed by atoms with van der Waals surface area (Å²) in [7, 11) is 0. The van der Waals surface area contributed by atoms with Gasteiger partial charge in [0, 0.05) is 12.3 Å². The molecule has 18 heavy (non-hydrogen) atoms. The fourth-order valence-corrected chi connectivity index (χ4v) is 1.72. The van der Waals surface area contributed by atoms with Crippen LogP contribution in [0.25, 0.3) is 0 Å². The van der Waals surface area contributed by atoms with Gasteiger partial charge in [0.1, 0.15) is 16.8 Å². The zero-order chi connectivity index (χ0) is 13.3.